The number of benzene rings is 1. The van der Waals surface area contributed by atoms with Gasteiger partial charge in [0.2, 0.25) is 0 Å². The highest BCUT2D eigenvalue weighted by atomic mass is 35.5. The number of ether oxygens (including phenoxy) is 2. The van der Waals surface area contributed by atoms with Crippen molar-refractivity contribution in [2.75, 3.05) is 0 Å². The second-order valence-electron chi connectivity index (χ2n) is 5.86. The Morgan fingerprint density at radius 2 is 1.52 bits per heavy atom. The first-order valence-electron chi connectivity index (χ1n) is 6.37. The molecule has 1 heterocycles. The molecule has 0 aliphatic carbocycles. The van der Waals surface area contributed by atoms with Crippen LogP contribution < -0.4 is 20.1 Å². The number of hydrogen-bond donors (Lipinski definition) is 2. The van der Waals surface area contributed by atoms with Gasteiger partial charge in [0.05, 0.1) is 10.0 Å². The molecular formula is C13H13Cl2F3N2O3. The van der Waals surface area contributed by atoms with Crippen molar-refractivity contribution in [3.63, 3.8) is 0 Å². The highest BCUT2D eigenvalue weighted by molar-refractivity contribution is 6.42. The lowest BCUT2D eigenvalue weighted by molar-refractivity contribution is -0.317. The average Bonchev–Trinajstić information content (AvgIpc) is 2.64. The first-order valence-corrected chi connectivity index (χ1v) is 7.13. The highest BCUT2D eigenvalue weighted by Crippen LogP contribution is 2.47. The second-order valence-corrected chi connectivity index (χ2v) is 6.68. The molecule has 1 aliphatic heterocycles. The van der Waals surface area contributed by atoms with Crippen LogP contribution in [0.5, 0.6) is 11.5 Å². The fourth-order valence-electron chi connectivity index (χ4n) is 1.76. The molecule has 0 saturated carbocycles. The molecule has 10 heteroatoms. The van der Waals surface area contributed by atoms with Gasteiger partial charge in [-0.25, -0.2) is 4.79 Å². The summed E-state index contributed by atoms with van der Waals surface area (Å²) < 4.78 is 49.9. The van der Waals surface area contributed by atoms with E-state index in [1.165, 1.54) is 0 Å². The number of hydrogen-bond acceptors (Lipinski definition) is 3. The molecule has 1 aromatic rings. The Bertz CT molecular complexity index is 614. The van der Waals surface area contributed by atoms with Crippen LogP contribution in [-0.4, -0.2) is 23.7 Å². The zero-order valence-corrected chi connectivity index (χ0v) is 13.8. The summed E-state index contributed by atoms with van der Waals surface area (Å²) in [7, 11) is 0. The van der Waals surface area contributed by atoms with Gasteiger partial charge in [0, 0.05) is 17.7 Å². The van der Waals surface area contributed by atoms with Crippen LogP contribution in [0, 0.1) is 0 Å². The van der Waals surface area contributed by atoms with Crippen LogP contribution >= 0.6 is 23.2 Å². The zero-order chi connectivity index (χ0) is 17.6. The number of carbonyl (C=O) groups is 1. The summed E-state index contributed by atoms with van der Waals surface area (Å²) in [5.41, 5.74) is -0.755. The topological polar surface area (TPSA) is 59.6 Å². The highest BCUT2D eigenvalue weighted by Gasteiger charge is 2.66. The predicted octanol–water partition coefficient (Wildman–Crippen LogP) is 4.08. The molecule has 0 saturated heterocycles. The van der Waals surface area contributed by atoms with Crippen LogP contribution in [0.2, 0.25) is 10.0 Å². The molecule has 0 atom stereocenters. The van der Waals surface area contributed by atoms with Crippen LogP contribution in [0.15, 0.2) is 12.1 Å². The SMILES string of the molecule is CC(C)(C)NC(=O)NC1(C(F)(F)F)Oc2cc(Cl)c(Cl)cc2O1. The van der Waals surface area contributed by atoms with Crippen molar-refractivity contribution >= 4 is 29.2 Å². The van der Waals surface area contributed by atoms with Gasteiger partial charge >= 0.3 is 18.1 Å². The van der Waals surface area contributed by atoms with E-state index in [4.69, 9.17) is 32.7 Å². The summed E-state index contributed by atoms with van der Waals surface area (Å²) in [6.45, 7) is 4.83. The maximum absolute atomic E-state index is 13.4. The minimum Gasteiger partial charge on any atom is -0.424 e. The summed E-state index contributed by atoms with van der Waals surface area (Å²) in [6, 6.07) is 1.05. The fourth-order valence-corrected chi connectivity index (χ4v) is 2.07. The van der Waals surface area contributed by atoms with Crippen molar-refractivity contribution in [2.24, 2.45) is 0 Å². The normalized spacial score (nSPS) is 16.2. The van der Waals surface area contributed by atoms with E-state index in [0.717, 1.165) is 12.1 Å². The van der Waals surface area contributed by atoms with E-state index in [0.29, 0.717) is 0 Å². The lowest BCUT2D eigenvalue weighted by Crippen LogP contribution is -2.67. The van der Waals surface area contributed by atoms with Crippen molar-refractivity contribution in [1.82, 2.24) is 10.6 Å². The molecule has 1 aromatic carbocycles. The van der Waals surface area contributed by atoms with Gasteiger partial charge in [0.1, 0.15) is 0 Å². The quantitative estimate of drug-likeness (QED) is 0.780. The minimum absolute atomic E-state index is 0.00821. The lowest BCUT2D eigenvalue weighted by Gasteiger charge is -2.31. The van der Waals surface area contributed by atoms with E-state index < -0.39 is 23.7 Å². The Kier molecular flexibility index (Phi) is 4.28. The molecule has 1 aliphatic rings. The van der Waals surface area contributed by atoms with E-state index in [-0.39, 0.29) is 21.5 Å². The number of alkyl halides is 3. The summed E-state index contributed by atoms with van der Waals surface area (Å²) in [5.74, 6) is -3.93. The van der Waals surface area contributed by atoms with E-state index in [1.807, 2.05) is 0 Å². The summed E-state index contributed by atoms with van der Waals surface area (Å²) in [5, 5.41) is 3.98. The van der Waals surface area contributed by atoms with Gasteiger partial charge < -0.3 is 14.8 Å². The Balaban J connectivity index is 2.32. The summed E-state index contributed by atoms with van der Waals surface area (Å²) >= 11 is 11.5. The monoisotopic (exact) mass is 372 g/mol. The molecule has 2 amide bonds. The molecule has 0 spiro atoms. The number of halogens is 5. The van der Waals surface area contributed by atoms with Gasteiger partial charge in [-0.05, 0) is 20.8 Å². The zero-order valence-electron chi connectivity index (χ0n) is 12.3. The summed E-state index contributed by atoms with van der Waals surface area (Å²) in [6.07, 6.45) is -5.06. The van der Waals surface area contributed by atoms with E-state index >= 15 is 0 Å². The molecule has 2 N–H and O–H groups in total. The Morgan fingerprint density at radius 3 is 1.87 bits per heavy atom. The number of fused-ring (bicyclic) bond motifs is 1. The van der Waals surface area contributed by atoms with Crippen molar-refractivity contribution in [2.45, 2.75) is 38.4 Å². The van der Waals surface area contributed by atoms with Crippen molar-refractivity contribution in [3.8, 4) is 11.5 Å². The van der Waals surface area contributed by atoms with Crippen LogP contribution in [0.25, 0.3) is 0 Å². The molecular weight excluding hydrogens is 360 g/mol. The number of rotatable bonds is 1. The third-order valence-electron chi connectivity index (χ3n) is 2.63. The smallest absolute Gasteiger partial charge is 0.424 e. The molecule has 2 rings (SSSR count). The van der Waals surface area contributed by atoms with Gasteiger partial charge in [-0.1, -0.05) is 23.2 Å². The van der Waals surface area contributed by atoms with Gasteiger partial charge in [-0.3, -0.25) is 5.32 Å². The molecule has 0 unspecified atom stereocenters. The van der Waals surface area contributed by atoms with Crippen molar-refractivity contribution in [1.29, 1.82) is 0 Å². The van der Waals surface area contributed by atoms with E-state index in [1.54, 1.807) is 26.1 Å². The van der Waals surface area contributed by atoms with E-state index in [2.05, 4.69) is 5.32 Å². The Labute approximate surface area is 140 Å². The predicted molar refractivity (Wildman–Crippen MR) is 77.9 cm³/mol. The molecule has 5 nitrogen and oxygen atoms in total. The second kappa shape index (κ2) is 5.52. The number of carbonyl (C=O) groups excluding carboxylic acids is 1. The lowest BCUT2D eigenvalue weighted by atomic mass is 10.1. The van der Waals surface area contributed by atoms with Crippen LogP contribution in [0.1, 0.15) is 20.8 Å². The van der Waals surface area contributed by atoms with E-state index in [9.17, 15) is 18.0 Å². The van der Waals surface area contributed by atoms with Crippen LogP contribution in [0.3, 0.4) is 0 Å². The average molecular weight is 373 g/mol. The van der Waals surface area contributed by atoms with Gasteiger partial charge in [-0.15, -0.1) is 0 Å². The Morgan fingerprint density at radius 1 is 1.09 bits per heavy atom. The number of amides is 2. The summed E-state index contributed by atoms with van der Waals surface area (Å²) in [4.78, 5) is 11.8. The molecule has 0 radical (unpaired) electrons. The maximum Gasteiger partial charge on any atom is 0.492 e. The molecule has 0 fully saturated rings. The van der Waals surface area contributed by atoms with Crippen LogP contribution in [-0.2, 0) is 0 Å². The first-order chi connectivity index (χ1) is 10.3. The molecule has 0 bridgehead atoms. The van der Waals surface area contributed by atoms with Gasteiger partial charge in [0.25, 0.3) is 0 Å². The molecule has 128 valence electrons. The van der Waals surface area contributed by atoms with Crippen molar-refractivity contribution < 1.29 is 27.4 Å². The van der Waals surface area contributed by atoms with Gasteiger partial charge in [0.15, 0.2) is 11.5 Å². The molecule has 23 heavy (non-hydrogen) atoms. The standard InChI is InChI=1S/C13H13Cl2F3N2O3/c1-11(2,3)19-10(21)20-13(12(16,17)18)22-8-4-6(14)7(15)5-9(8)23-13/h4-5H,1-3H3,(H2,19,20,21). The third kappa shape index (κ3) is 3.69. The third-order valence-corrected chi connectivity index (χ3v) is 3.36. The number of nitrogens with one attached hydrogen (secondary N) is 2. The largest absolute Gasteiger partial charge is 0.492 e. The van der Waals surface area contributed by atoms with Crippen LogP contribution in [0.4, 0.5) is 18.0 Å². The van der Waals surface area contributed by atoms with Gasteiger partial charge in [-0.2, -0.15) is 13.2 Å². The minimum atomic E-state index is -5.06. The Hall–Kier alpha value is -1.54. The van der Waals surface area contributed by atoms with Crippen molar-refractivity contribution in [3.05, 3.63) is 22.2 Å². The maximum atomic E-state index is 13.4. The fraction of sp³-hybridized carbons (Fsp3) is 0.462. The number of urea groups is 1. The first kappa shape index (κ1) is 17.8. The molecule has 0 aromatic heterocycles.